The van der Waals surface area contributed by atoms with Crippen LogP contribution in [0.1, 0.15) is 71.9 Å². The molecule has 2 aliphatic heterocycles. The molecule has 7 nitrogen and oxygen atoms in total. The molecule has 0 radical (unpaired) electrons. The number of nitrogens with zero attached hydrogens (tertiary/aromatic N) is 2. The van der Waals surface area contributed by atoms with Gasteiger partial charge in [0, 0.05) is 51.4 Å². The third-order valence-corrected chi connectivity index (χ3v) is 6.71. The van der Waals surface area contributed by atoms with Gasteiger partial charge < -0.3 is 24.6 Å². The lowest BCUT2D eigenvalue weighted by Crippen LogP contribution is -2.54. The van der Waals surface area contributed by atoms with Crippen molar-refractivity contribution in [2.24, 2.45) is 0 Å². The number of benzene rings is 1. The molecule has 2 aliphatic rings. The second-order valence-electron chi connectivity index (χ2n) is 10.6. The van der Waals surface area contributed by atoms with Gasteiger partial charge in [0.2, 0.25) is 5.91 Å². The second-order valence-corrected chi connectivity index (χ2v) is 10.6. The van der Waals surface area contributed by atoms with Gasteiger partial charge in [0.25, 0.3) is 0 Å². The summed E-state index contributed by atoms with van der Waals surface area (Å²) in [5.74, 6) is 0.0681. The molecule has 2 fully saturated rings. The summed E-state index contributed by atoms with van der Waals surface area (Å²) in [5.41, 5.74) is 0.628. The normalized spacial score (nSPS) is 20.2. The van der Waals surface area contributed by atoms with Crippen molar-refractivity contribution in [3.63, 3.8) is 0 Å². The lowest BCUT2D eigenvalue weighted by Gasteiger charge is -2.44. The fourth-order valence-electron chi connectivity index (χ4n) is 4.78. The Morgan fingerprint density at radius 2 is 1.79 bits per heavy atom. The third-order valence-electron chi connectivity index (χ3n) is 6.71. The quantitative estimate of drug-likeness (QED) is 0.692. The number of hydrogen-bond donors (Lipinski definition) is 1. The van der Waals surface area contributed by atoms with Crippen LogP contribution in [0.5, 0.6) is 0 Å². The molecule has 0 aliphatic carbocycles. The largest absolute Gasteiger partial charge is 0.444 e. The van der Waals surface area contributed by atoms with Gasteiger partial charge in [-0.2, -0.15) is 0 Å². The molecule has 1 atom stereocenters. The number of carbonyl (C=O) groups is 2. The molecule has 2 heterocycles. The molecule has 0 saturated carbocycles. The summed E-state index contributed by atoms with van der Waals surface area (Å²) in [6.45, 7) is 12.9. The molecule has 2 saturated heterocycles. The lowest BCUT2D eigenvalue weighted by atomic mass is 9.91. The summed E-state index contributed by atoms with van der Waals surface area (Å²) in [7, 11) is 0. The van der Waals surface area contributed by atoms with Crippen molar-refractivity contribution in [1.82, 2.24) is 15.1 Å². The first-order valence-corrected chi connectivity index (χ1v) is 12.2. The van der Waals surface area contributed by atoms with Crippen LogP contribution < -0.4 is 5.32 Å². The monoisotopic (exact) mass is 459 g/mol. The van der Waals surface area contributed by atoms with Gasteiger partial charge in [-0.25, -0.2) is 4.79 Å². The Bertz CT molecular complexity index is 778. The van der Waals surface area contributed by atoms with Crippen molar-refractivity contribution in [3.8, 4) is 0 Å². The fraction of sp³-hybridized carbons (Fsp3) is 0.692. The summed E-state index contributed by atoms with van der Waals surface area (Å²) in [4.78, 5) is 29.3. The topological polar surface area (TPSA) is 71.1 Å². The van der Waals surface area contributed by atoms with Crippen LogP contribution in [0.4, 0.5) is 4.79 Å². The predicted molar refractivity (Wildman–Crippen MR) is 129 cm³/mol. The molecule has 1 aromatic carbocycles. The van der Waals surface area contributed by atoms with E-state index in [1.807, 2.05) is 43.9 Å². The highest BCUT2D eigenvalue weighted by Crippen LogP contribution is 2.30. The van der Waals surface area contributed by atoms with Crippen LogP contribution in [0.3, 0.4) is 0 Å². The highest BCUT2D eigenvalue weighted by atomic mass is 16.6. The van der Waals surface area contributed by atoms with E-state index in [1.54, 1.807) is 11.8 Å². The average molecular weight is 460 g/mol. The SMILES string of the molecule is CC(=O)N(C1CCN(C(=O)OC(C)(C)C)CC1)[C@@H](CNC1(C)CCOCC1)c1ccccc1. The molecule has 1 aromatic rings. The smallest absolute Gasteiger partial charge is 0.410 e. The van der Waals surface area contributed by atoms with E-state index < -0.39 is 5.60 Å². The summed E-state index contributed by atoms with van der Waals surface area (Å²) in [6.07, 6.45) is 3.13. The number of rotatable bonds is 6. The van der Waals surface area contributed by atoms with Crippen molar-refractivity contribution < 1.29 is 19.1 Å². The fourth-order valence-corrected chi connectivity index (χ4v) is 4.78. The summed E-state index contributed by atoms with van der Waals surface area (Å²) < 4.78 is 11.1. The molecule has 184 valence electrons. The third kappa shape index (κ3) is 7.18. The van der Waals surface area contributed by atoms with Crippen LogP contribution in [0, 0.1) is 0 Å². The van der Waals surface area contributed by atoms with E-state index in [1.165, 1.54) is 0 Å². The molecule has 1 N–H and O–H groups in total. The Labute approximate surface area is 198 Å². The van der Waals surface area contributed by atoms with Crippen molar-refractivity contribution in [2.45, 2.75) is 83.5 Å². The van der Waals surface area contributed by atoms with Gasteiger partial charge in [0.15, 0.2) is 0 Å². The zero-order valence-electron chi connectivity index (χ0n) is 20.9. The van der Waals surface area contributed by atoms with Crippen molar-refractivity contribution in [3.05, 3.63) is 35.9 Å². The Morgan fingerprint density at radius 3 is 2.33 bits per heavy atom. The van der Waals surface area contributed by atoms with Crippen LogP contribution in [0.15, 0.2) is 30.3 Å². The highest BCUT2D eigenvalue weighted by Gasteiger charge is 2.36. The molecule has 0 spiro atoms. The molecule has 2 amide bonds. The van der Waals surface area contributed by atoms with Gasteiger partial charge in [-0.3, -0.25) is 4.79 Å². The van der Waals surface area contributed by atoms with Crippen LogP contribution in [0.2, 0.25) is 0 Å². The molecule has 0 unspecified atom stereocenters. The van der Waals surface area contributed by atoms with Crippen molar-refractivity contribution in [1.29, 1.82) is 0 Å². The number of nitrogens with one attached hydrogen (secondary N) is 1. The summed E-state index contributed by atoms with van der Waals surface area (Å²) in [5, 5.41) is 3.77. The Kier molecular flexibility index (Phi) is 8.40. The lowest BCUT2D eigenvalue weighted by molar-refractivity contribution is -0.135. The molecule has 0 bridgehead atoms. The maximum absolute atomic E-state index is 13.0. The maximum atomic E-state index is 13.0. The first-order valence-electron chi connectivity index (χ1n) is 12.2. The van der Waals surface area contributed by atoms with Gasteiger partial charge in [-0.15, -0.1) is 0 Å². The van der Waals surface area contributed by atoms with Gasteiger partial charge in [-0.1, -0.05) is 30.3 Å². The maximum Gasteiger partial charge on any atom is 0.410 e. The molecule has 7 heteroatoms. The van der Waals surface area contributed by atoms with Crippen LogP contribution in [-0.4, -0.2) is 71.8 Å². The van der Waals surface area contributed by atoms with Crippen LogP contribution >= 0.6 is 0 Å². The van der Waals surface area contributed by atoms with E-state index in [2.05, 4.69) is 24.4 Å². The Morgan fingerprint density at radius 1 is 1.18 bits per heavy atom. The highest BCUT2D eigenvalue weighted by molar-refractivity contribution is 5.74. The van der Waals surface area contributed by atoms with Gasteiger partial charge >= 0.3 is 6.09 Å². The number of carbonyl (C=O) groups excluding carboxylic acids is 2. The molecular weight excluding hydrogens is 418 g/mol. The number of piperidine rings is 1. The van der Waals surface area contributed by atoms with Gasteiger partial charge in [0.05, 0.1) is 6.04 Å². The molecule has 33 heavy (non-hydrogen) atoms. The average Bonchev–Trinajstić information content (AvgIpc) is 2.76. The van der Waals surface area contributed by atoms with Gasteiger partial charge in [-0.05, 0) is 58.9 Å². The standard InChI is InChI=1S/C26H41N3O4/c1-20(30)29(22-11-15-28(16-12-22)24(31)33-25(2,3)4)23(21-9-7-6-8-10-21)19-27-26(5)13-17-32-18-14-26/h6-10,22-23,27H,11-19H2,1-5H3/t23-/m0/s1. The summed E-state index contributed by atoms with van der Waals surface area (Å²) >= 11 is 0. The zero-order valence-corrected chi connectivity index (χ0v) is 20.9. The van der Waals surface area contributed by atoms with E-state index in [4.69, 9.17) is 9.47 Å². The van der Waals surface area contributed by atoms with E-state index in [0.717, 1.165) is 44.5 Å². The number of likely N-dealkylation sites (tertiary alicyclic amines) is 1. The predicted octanol–water partition coefficient (Wildman–Crippen LogP) is 4.13. The minimum absolute atomic E-state index is 0.00776. The first kappa shape index (κ1) is 25.5. The van der Waals surface area contributed by atoms with E-state index in [-0.39, 0.29) is 29.6 Å². The number of amides is 2. The second kappa shape index (κ2) is 10.9. The zero-order chi connectivity index (χ0) is 24.1. The first-order chi connectivity index (χ1) is 15.6. The van der Waals surface area contributed by atoms with Crippen molar-refractivity contribution in [2.75, 3.05) is 32.8 Å². The minimum Gasteiger partial charge on any atom is -0.444 e. The Hall–Kier alpha value is -2.12. The van der Waals surface area contributed by atoms with Crippen molar-refractivity contribution >= 4 is 12.0 Å². The molecular formula is C26H41N3O4. The van der Waals surface area contributed by atoms with E-state index in [9.17, 15) is 9.59 Å². The van der Waals surface area contributed by atoms with Gasteiger partial charge in [0.1, 0.15) is 5.60 Å². The van der Waals surface area contributed by atoms with Crippen LogP contribution in [0.25, 0.3) is 0 Å². The molecule has 3 rings (SSSR count). The van der Waals surface area contributed by atoms with E-state index in [0.29, 0.717) is 19.6 Å². The van der Waals surface area contributed by atoms with E-state index >= 15 is 0 Å². The molecule has 0 aromatic heterocycles. The Balaban J connectivity index is 1.73. The summed E-state index contributed by atoms with van der Waals surface area (Å²) in [6, 6.07) is 10.3. The minimum atomic E-state index is -0.510. The number of ether oxygens (including phenoxy) is 2. The number of hydrogen-bond acceptors (Lipinski definition) is 5. The van der Waals surface area contributed by atoms with Crippen LogP contribution in [-0.2, 0) is 14.3 Å².